The summed E-state index contributed by atoms with van der Waals surface area (Å²) < 4.78 is 44.6. The molecule has 0 bridgehead atoms. The molecule has 14 heavy (non-hydrogen) atoms. The van der Waals surface area contributed by atoms with E-state index >= 15 is 0 Å². The molecule has 0 spiro atoms. The SMILES string of the molecule is NS(=O)(=O)C1CCN(S(=O)(=O)Cl)CC1. The second-order valence-electron chi connectivity index (χ2n) is 3.13. The van der Waals surface area contributed by atoms with Crippen molar-refractivity contribution < 1.29 is 16.8 Å². The first-order valence-corrected chi connectivity index (χ1v) is 7.80. The Morgan fingerprint density at radius 1 is 1.14 bits per heavy atom. The van der Waals surface area contributed by atoms with Gasteiger partial charge in [-0.15, -0.1) is 0 Å². The fraction of sp³-hybridized carbons (Fsp3) is 1.00. The summed E-state index contributed by atoms with van der Waals surface area (Å²) >= 11 is 0. The average Bonchev–Trinajstić information content (AvgIpc) is 2.01. The summed E-state index contributed by atoms with van der Waals surface area (Å²) in [6.07, 6.45) is 0.398. The van der Waals surface area contributed by atoms with Gasteiger partial charge in [-0.3, -0.25) is 0 Å². The van der Waals surface area contributed by atoms with Crippen molar-refractivity contribution in [3.63, 3.8) is 0 Å². The molecule has 0 aromatic heterocycles. The molecular weight excluding hydrogens is 252 g/mol. The zero-order chi connectivity index (χ0) is 11.0. The number of rotatable bonds is 2. The first-order chi connectivity index (χ1) is 6.21. The lowest BCUT2D eigenvalue weighted by Gasteiger charge is -2.27. The molecule has 1 rings (SSSR count). The van der Waals surface area contributed by atoms with Gasteiger partial charge in [-0.05, 0) is 12.8 Å². The van der Waals surface area contributed by atoms with Gasteiger partial charge < -0.3 is 0 Å². The van der Waals surface area contributed by atoms with Gasteiger partial charge in [0.1, 0.15) is 0 Å². The van der Waals surface area contributed by atoms with Crippen LogP contribution in [0.3, 0.4) is 0 Å². The molecular formula is C5H11ClN2O4S2. The van der Waals surface area contributed by atoms with Crippen LogP contribution in [0.5, 0.6) is 0 Å². The molecule has 0 aliphatic carbocycles. The van der Waals surface area contributed by atoms with Gasteiger partial charge in [0.05, 0.1) is 5.25 Å². The minimum atomic E-state index is -3.72. The van der Waals surface area contributed by atoms with Crippen molar-refractivity contribution in [3.8, 4) is 0 Å². The van der Waals surface area contributed by atoms with E-state index in [1.165, 1.54) is 0 Å². The highest BCUT2D eigenvalue weighted by Gasteiger charge is 2.31. The molecule has 84 valence electrons. The number of sulfonamides is 1. The van der Waals surface area contributed by atoms with Crippen molar-refractivity contribution >= 4 is 29.9 Å². The second kappa shape index (κ2) is 3.93. The summed E-state index contributed by atoms with van der Waals surface area (Å²) in [7, 11) is -2.19. The molecule has 6 nitrogen and oxygen atoms in total. The maximum Gasteiger partial charge on any atom is 0.299 e. The number of nitrogens with zero attached hydrogens (tertiary/aromatic N) is 1. The Bertz CT molecular complexity index is 355. The Balaban J connectivity index is 2.65. The largest absolute Gasteiger partial charge is 0.299 e. The van der Waals surface area contributed by atoms with Crippen LogP contribution < -0.4 is 5.14 Å². The summed E-state index contributed by atoms with van der Waals surface area (Å²) in [4.78, 5) is 0. The Morgan fingerprint density at radius 3 is 1.86 bits per heavy atom. The normalized spacial score (nSPS) is 22.4. The fourth-order valence-electron chi connectivity index (χ4n) is 1.38. The standard InChI is InChI=1S/C5H11ClN2O4S2/c6-14(11,12)8-3-1-5(2-4-8)13(7,9)10/h5H,1-4H2,(H2,7,9,10). The van der Waals surface area contributed by atoms with Crippen LogP contribution in [0.1, 0.15) is 12.8 Å². The van der Waals surface area contributed by atoms with E-state index in [0.29, 0.717) is 0 Å². The van der Waals surface area contributed by atoms with E-state index in [2.05, 4.69) is 0 Å². The highest BCUT2D eigenvalue weighted by molar-refractivity contribution is 8.11. The van der Waals surface area contributed by atoms with E-state index in [4.69, 9.17) is 15.8 Å². The lowest BCUT2D eigenvalue weighted by atomic mass is 10.2. The van der Waals surface area contributed by atoms with Crippen LogP contribution >= 0.6 is 10.7 Å². The van der Waals surface area contributed by atoms with Crippen LogP contribution in [0.4, 0.5) is 0 Å². The molecule has 0 atom stereocenters. The van der Waals surface area contributed by atoms with Crippen LogP contribution in [0.25, 0.3) is 0 Å². The number of primary sulfonamides is 1. The quantitative estimate of drug-likeness (QED) is 0.660. The van der Waals surface area contributed by atoms with E-state index in [0.717, 1.165) is 4.31 Å². The third-order valence-corrected chi connectivity index (χ3v) is 5.14. The van der Waals surface area contributed by atoms with Gasteiger partial charge >= 0.3 is 0 Å². The lowest BCUT2D eigenvalue weighted by Crippen LogP contribution is -2.42. The van der Waals surface area contributed by atoms with E-state index in [-0.39, 0.29) is 25.9 Å². The van der Waals surface area contributed by atoms with Crippen molar-refractivity contribution in [1.29, 1.82) is 0 Å². The van der Waals surface area contributed by atoms with E-state index in [9.17, 15) is 16.8 Å². The summed E-state index contributed by atoms with van der Waals surface area (Å²) in [6.45, 7) is 0.208. The first kappa shape index (κ1) is 12.2. The number of halogens is 1. The monoisotopic (exact) mass is 262 g/mol. The maximum atomic E-state index is 10.9. The van der Waals surface area contributed by atoms with Crippen LogP contribution in [-0.2, 0) is 19.3 Å². The number of hydrogen-bond acceptors (Lipinski definition) is 4. The predicted octanol–water partition coefficient (Wildman–Crippen LogP) is -0.777. The van der Waals surface area contributed by atoms with Gasteiger partial charge in [0.15, 0.2) is 0 Å². The van der Waals surface area contributed by atoms with E-state index < -0.39 is 24.5 Å². The number of nitrogens with two attached hydrogens (primary N) is 1. The molecule has 1 saturated heterocycles. The Morgan fingerprint density at radius 2 is 1.57 bits per heavy atom. The van der Waals surface area contributed by atoms with E-state index in [1.54, 1.807) is 0 Å². The van der Waals surface area contributed by atoms with Crippen molar-refractivity contribution in [2.75, 3.05) is 13.1 Å². The minimum Gasteiger partial charge on any atom is -0.228 e. The van der Waals surface area contributed by atoms with Crippen molar-refractivity contribution in [2.45, 2.75) is 18.1 Å². The molecule has 0 unspecified atom stereocenters. The first-order valence-electron chi connectivity index (χ1n) is 3.92. The predicted molar refractivity (Wildman–Crippen MR) is 52.5 cm³/mol. The minimum absolute atomic E-state index is 0.104. The molecule has 0 aromatic rings. The van der Waals surface area contributed by atoms with Crippen molar-refractivity contribution in [2.24, 2.45) is 5.14 Å². The van der Waals surface area contributed by atoms with Crippen LogP contribution in [-0.4, -0.2) is 39.5 Å². The molecule has 0 amide bonds. The molecule has 1 fully saturated rings. The van der Waals surface area contributed by atoms with Crippen molar-refractivity contribution in [1.82, 2.24) is 4.31 Å². The topological polar surface area (TPSA) is 97.5 Å². The molecule has 1 aliphatic rings. The smallest absolute Gasteiger partial charge is 0.228 e. The highest BCUT2D eigenvalue weighted by atomic mass is 35.7. The van der Waals surface area contributed by atoms with E-state index in [1.807, 2.05) is 0 Å². The Labute approximate surface area is 87.6 Å². The zero-order valence-electron chi connectivity index (χ0n) is 7.26. The number of hydrogen-bond donors (Lipinski definition) is 1. The highest BCUT2D eigenvalue weighted by Crippen LogP contribution is 2.19. The van der Waals surface area contributed by atoms with Gasteiger partial charge in [-0.1, -0.05) is 0 Å². The molecule has 0 radical (unpaired) electrons. The van der Waals surface area contributed by atoms with Crippen LogP contribution in [0.2, 0.25) is 0 Å². The molecule has 0 aromatic carbocycles. The second-order valence-corrected chi connectivity index (χ2v) is 7.48. The molecule has 1 aliphatic heterocycles. The average molecular weight is 263 g/mol. The van der Waals surface area contributed by atoms with Gasteiger partial charge in [0.25, 0.3) is 9.24 Å². The van der Waals surface area contributed by atoms with Crippen LogP contribution in [0.15, 0.2) is 0 Å². The van der Waals surface area contributed by atoms with Crippen LogP contribution in [0, 0.1) is 0 Å². The molecule has 0 saturated carbocycles. The van der Waals surface area contributed by atoms with Gasteiger partial charge in [0, 0.05) is 23.8 Å². The summed E-state index contributed by atoms with van der Waals surface area (Å²) in [5.41, 5.74) is 0. The van der Waals surface area contributed by atoms with Gasteiger partial charge in [0.2, 0.25) is 10.0 Å². The maximum absolute atomic E-state index is 10.9. The third kappa shape index (κ3) is 3.06. The lowest BCUT2D eigenvalue weighted by molar-refractivity contribution is 0.352. The molecule has 1 heterocycles. The van der Waals surface area contributed by atoms with Gasteiger partial charge in [-0.2, -0.15) is 12.7 Å². The summed E-state index contributed by atoms with van der Waals surface area (Å²) in [5.74, 6) is 0. The Hall–Kier alpha value is 0.110. The zero-order valence-corrected chi connectivity index (χ0v) is 9.65. The molecule has 2 N–H and O–H groups in total. The number of piperidine rings is 1. The third-order valence-electron chi connectivity index (χ3n) is 2.17. The molecule has 9 heteroatoms. The van der Waals surface area contributed by atoms with Crippen molar-refractivity contribution in [3.05, 3.63) is 0 Å². The Kier molecular flexibility index (Phi) is 3.42. The fourth-order valence-corrected chi connectivity index (χ4v) is 3.31. The van der Waals surface area contributed by atoms with Gasteiger partial charge in [-0.25, -0.2) is 13.6 Å². The summed E-state index contributed by atoms with van der Waals surface area (Å²) in [5, 5.41) is 4.28. The summed E-state index contributed by atoms with van der Waals surface area (Å²) in [6, 6.07) is 0.